The average molecular weight is 361 g/mol. The molecule has 1 aliphatic heterocycles. The molecule has 136 valence electrons. The standard InChI is InChI=1S/C20H28O4Si/c1-22-19(21)17-14-16-12-8-9-13-20(16,24-25(2,3)4)23-18(17)15-10-6-5-7-11-15/h5-7,10-11,16H,8-9,12-14H2,1-4H3. The Labute approximate surface area is 151 Å². The lowest BCUT2D eigenvalue weighted by molar-refractivity contribution is -0.206. The lowest BCUT2D eigenvalue weighted by Crippen LogP contribution is -2.53. The van der Waals surface area contributed by atoms with Crippen molar-refractivity contribution < 1.29 is 18.7 Å². The van der Waals surface area contributed by atoms with E-state index in [0.717, 1.165) is 31.2 Å². The van der Waals surface area contributed by atoms with Crippen LogP contribution in [0.3, 0.4) is 0 Å². The molecular formula is C20H28O4Si. The number of benzene rings is 1. The second-order valence-electron chi connectivity index (χ2n) is 7.94. The van der Waals surface area contributed by atoms with Gasteiger partial charge in [-0.3, -0.25) is 0 Å². The first kappa shape index (κ1) is 18.2. The average Bonchev–Trinajstić information content (AvgIpc) is 2.59. The van der Waals surface area contributed by atoms with Gasteiger partial charge in [0.2, 0.25) is 5.79 Å². The van der Waals surface area contributed by atoms with E-state index in [1.807, 2.05) is 30.3 Å². The summed E-state index contributed by atoms with van der Waals surface area (Å²) in [6.45, 7) is 6.58. The fraction of sp³-hybridized carbons (Fsp3) is 0.550. The zero-order valence-electron chi connectivity index (χ0n) is 15.6. The second-order valence-corrected chi connectivity index (χ2v) is 12.4. The molecule has 0 amide bonds. The highest BCUT2D eigenvalue weighted by Crippen LogP contribution is 2.49. The molecule has 1 aliphatic carbocycles. The Balaban J connectivity index is 2.07. The van der Waals surface area contributed by atoms with Gasteiger partial charge in [-0.25, -0.2) is 4.79 Å². The van der Waals surface area contributed by atoms with Crippen LogP contribution in [0.25, 0.3) is 5.76 Å². The lowest BCUT2D eigenvalue weighted by atomic mass is 9.77. The summed E-state index contributed by atoms with van der Waals surface area (Å²) in [5.74, 6) is -0.0739. The van der Waals surface area contributed by atoms with E-state index < -0.39 is 14.1 Å². The molecule has 2 atom stereocenters. The van der Waals surface area contributed by atoms with E-state index in [0.29, 0.717) is 17.8 Å². The van der Waals surface area contributed by atoms with Crippen molar-refractivity contribution in [1.29, 1.82) is 0 Å². The van der Waals surface area contributed by atoms with Crippen molar-refractivity contribution in [1.82, 2.24) is 0 Å². The van der Waals surface area contributed by atoms with E-state index in [4.69, 9.17) is 13.9 Å². The van der Waals surface area contributed by atoms with Gasteiger partial charge in [-0.15, -0.1) is 0 Å². The summed E-state index contributed by atoms with van der Waals surface area (Å²) in [6.07, 6.45) is 4.80. The van der Waals surface area contributed by atoms with Crippen LogP contribution in [0.2, 0.25) is 19.6 Å². The number of fused-ring (bicyclic) bond motifs is 1. The van der Waals surface area contributed by atoms with Gasteiger partial charge in [0.25, 0.3) is 0 Å². The largest absolute Gasteiger partial charge is 0.466 e. The van der Waals surface area contributed by atoms with Gasteiger partial charge < -0.3 is 13.9 Å². The number of rotatable bonds is 4. The number of carbonyl (C=O) groups is 1. The van der Waals surface area contributed by atoms with E-state index in [-0.39, 0.29) is 11.9 Å². The zero-order valence-corrected chi connectivity index (χ0v) is 16.6. The summed E-state index contributed by atoms with van der Waals surface area (Å²) < 4.78 is 18.2. The third-order valence-electron chi connectivity index (χ3n) is 4.90. The van der Waals surface area contributed by atoms with Crippen LogP contribution in [0.15, 0.2) is 35.9 Å². The maximum Gasteiger partial charge on any atom is 0.337 e. The normalized spacial score (nSPS) is 26.6. The molecule has 0 spiro atoms. The predicted octanol–water partition coefficient (Wildman–Crippen LogP) is 4.73. The number of esters is 1. The molecule has 2 unspecified atom stereocenters. The first-order valence-electron chi connectivity index (χ1n) is 9.11. The highest BCUT2D eigenvalue weighted by atomic mass is 28.4. The quantitative estimate of drug-likeness (QED) is 0.575. The molecule has 2 aliphatic rings. The van der Waals surface area contributed by atoms with Crippen LogP contribution in [0.5, 0.6) is 0 Å². The third-order valence-corrected chi connectivity index (χ3v) is 5.85. The number of hydrogen-bond donors (Lipinski definition) is 0. The van der Waals surface area contributed by atoms with Crippen molar-refractivity contribution in [3.63, 3.8) is 0 Å². The Hall–Kier alpha value is -1.59. The summed E-state index contributed by atoms with van der Waals surface area (Å²) in [5.41, 5.74) is 1.54. The zero-order chi connectivity index (χ0) is 18.1. The molecule has 1 aromatic carbocycles. The molecule has 1 heterocycles. The monoisotopic (exact) mass is 360 g/mol. The number of ether oxygens (including phenoxy) is 2. The van der Waals surface area contributed by atoms with Gasteiger partial charge >= 0.3 is 5.97 Å². The highest BCUT2D eigenvalue weighted by Gasteiger charge is 2.51. The summed E-state index contributed by atoms with van der Waals surface area (Å²) in [7, 11) is -0.384. The van der Waals surface area contributed by atoms with Gasteiger partial charge in [0.1, 0.15) is 5.76 Å². The maximum atomic E-state index is 12.4. The molecule has 0 bridgehead atoms. The lowest BCUT2D eigenvalue weighted by Gasteiger charge is -2.50. The van der Waals surface area contributed by atoms with Crippen LogP contribution in [-0.2, 0) is 18.7 Å². The van der Waals surface area contributed by atoms with Crippen LogP contribution < -0.4 is 0 Å². The van der Waals surface area contributed by atoms with Crippen LogP contribution in [-0.4, -0.2) is 27.2 Å². The molecule has 0 radical (unpaired) electrons. The Morgan fingerprint density at radius 2 is 1.92 bits per heavy atom. The minimum absolute atomic E-state index is 0.203. The molecule has 0 N–H and O–H groups in total. The van der Waals surface area contributed by atoms with Gasteiger partial charge in [-0.1, -0.05) is 36.8 Å². The molecule has 0 aromatic heterocycles. The Kier molecular flexibility index (Phi) is 5.07. The fourth-order valence-electron chi connectivity index (χ4n) is 3.95. The summed E-state index contributed by atoms with van der Waals surface area (Å²) in [6, 6.07) is 9.83. The van der Waals surface area contributed by atoms with Crippen LogP contribution in [0, 0.1) is 5.92 Å². The highest BCUT2D eigenvalue weighted by molar-refractivity contribution is 6.69. The summed E-state index contributed by atoms with van der Waals surface area (Å²) in [4.78, 5) is 12.4. The molecule has 1 fully saturated rings. The first-order valence-corrected chi connectivity index (χ1v) is 12.5. The molecule has 25 heavy (non-hydrogen) atoms. The van der Waals surface area contributed by atoms with E-state index in [1.54, 1.807) is 0 Å². The van der Waals surface area contributed by atoms with E-state index >= 15 is 0 Å². The van der Waals surface area contributed by atoms with Crippen LogP contribution in [0.1, 0.15) is 37.7 Å². The van der Waals surface area contributed by atoms with Gasteiger partial charge in [0.15, 0.2) is 8.32 Å². The van der Waals surface area contributed by atoms with Crippen molar-refractivity contribution >= 4 is 20.0 Å². The predicted molar refractivity (Wildman–Crippen MR) is 100 cm³/mol. The smallest absolute Gasteiger partial charge is 0.337 e. The molecular weight excluding hydrogens is 332 g/mol. The van der Waals surface area contributed by atoms with E-state index in [2.05, 4.69) is 19.6 Å². The van der Waals surface area contributed by atoms with Crippen molar-refractivity contribution in [2.75, 3.05) is 7.11 Å². The molecule has 0 saturated heterocycles. The minimum Gasteiger partial charge on any atom is -0.466 e. The fourth-order valence-corrected chi connectivity index (χ4v) is 5.29. The number of methoxy groups -OCH3 is 1. The molecule has 1 aromatic rings. The number of carbonyl (C=O) groups excluding carboxylic acids is 1. The van der Waals surface area contributed by atoms with E-state index in [9.17, 15) is 4.79 Å². The van der Waals surface area contributed by atoms with Crippen molar-refractivity contribution in [3.05, 3.63) is 41.5 Å². The Morgan fingerprint density at radius 3 is 2.56 bits per heavy atom. The second kappa shape index (κ2) is 6.96. The topological polar surface area (TPSA) is 44.8 Å². The molecule has 5 heteroatoms. The SMILES string of the molecule is COC(=O)C1=C(c2ccccc2)OC2(O[Si](C)(C)C)CCCCC2C1. The van der Waals surface area contributed by atoms with Gasteiger partial charge in [0.05, 0.1) is 12.7 Å². The summed E-state index contributed by atoms with van der Waals surface area (Å²) >= 11 is 0. The van der Waals surface area contributed by atoms with Crippen molar-refractivity contribution in [2.24, 2.45) is 5.92 Å². The van der Waals surface area contributed by atoms with Gasteiger partial charge in [-0.05, 0) is 38.9 Å². The van der Waals surface area contributed by atoms with E-state index in [1.165, 1.54) is 7.11 Å². The van der Waals surface area contributed by atoms with Crippen LogP contribution in [0.4, 0.5) is 0 Å². The molecule has 1 saturated carbocycles. The minimum atomic E-state index is -1.81. The first-order chi connectivity index (χ1) is 11.8. The third kappa shape index (κ3) is 3.82. The Bertz CT molecular complexity index is 662. The molecule has 4 nitrogen and oxygen atoms in total. The summed E-state index contributed by atoms with van der Waals surface area (Å²) in [5, 5.41) is 0. The Morgan fingerprint density at radius 1 is 1.20 bits per heavy atom. The van der Waals surface area contributed by atoms with Gasteiger partial charge in [-0.2, -0.15) is 0 Å². The maximum absolute atomic E-state index is 12.4. The molecule has 3 rings (SSSR count). The van der Waals surface area contributed by atoms with Gasteiger partial charge in [0, 0.05) is 17.9 Å². The number of hydrogen-bond acceptors (Lipinski definition) is 4. The van der Waals surface area contributed by atoms with Crippen molar-refractivity contribution in [3.8, 4) is 0 Å². The van der Waals surface area contributed by atoms with Crippen LogP contribution >= 0.6 is 0 Å². The van der Waals surface area contributed by atoms with Crippen molar-refractivity contribution in [2.45, 2.75) is 57.5 Å².